The van der Waals surface area contributed by atoms with Crippen molar-refractivity contribution in [3.63, 3.8) is 0 Å². The Balaban J connectivity index is 2.17. The maximum absolute atomic E-state index is 11.6. The number of carbonyl (C=O) groups excluding carboxylic acids is 1. The lowest BCUT2D eigenvalue weighted by Gasteiger charge is -2.07. The highest BCUT2D eigenvalue weighted by Gasteiger charge is 2.20. The zero-order valence-corrected chi connectivity index (χ0v) is 14.2. The normalized spacial score (nSPS) is 11.8. The van der Waals surface area contributed by atoms with Crippen molar-refractivity contribution < 1.29 is 23.4 Å². The summed E-state index contributed by atoms with van der Waals surface area (Å²) in [5.74, 6) is 1.24. The molecule has 23 heavy (non-hydrogen) atoms. The van der Waals surface area contributed by atoms with E-state index in [0.29, 0.717) is 34.8 Å². The van der Waals surface area contributed by atoms with Crippen molar-refractivity contribution in [3.8, 4) is 23.0 Å². The molecule has 0 amide bonds. The molecule has 0 radical (unpaired) electrons. The Kier molecular flexibility index (Phi) is 5.86. The van der Waals surface area contributed by atoms with Gasteiger partial charge in [0.05, 0.1) is 20.8 Å². The van der Waals surface area contributed by atoms with Crippen LogP contribution in [0.2, 0.25) is 0 Å². The highest BCUT2D eigenvalue weighted by molar-refractivity contribution is 8.00. The van der Waals surface area contributed by atoms with Crippen LogP contribution in [0.1, 0.15) is 13.8 Å². The van der Waals surface area contributed by atoms with Crippen LogP contribution in [0.3, 0.4) is 0 Å². The van der Waals surface area contributed by atoms with Gasteiger partial charge in [-0.05, 0) is 26.0 Å². The van der Waals surface area contributed by atoms with Gasteiger partial charge in [-0.2, -0.15) is 0 Å². The molecule has 0 aliphatic rings. The molecule has 0 aliphatic heterocycles. The van der Waals surface area contributed by atoms with Crippen molar-refractivity contribution in [2.75, 3.05) is 20.8 Å². The summed E-state index contributed by atoms with van der Waals surface area (Å²) in [6.07, 6.45) is 0. The van der Waals surface area contributed by atoms with Crippen LogP contribution >= 0.6 is 11.8 Å². The van der Waals surface area contributed by atoms with Crippen LogP contribution in [0.15, 0.2) is 27.8 Å². The van der Waals surface area contributed by atoms with Crippen molar-refractivity contribution in [2.24, 2.45) is 0 Å². The summed E-state index contributed by atoms with van der Waals surface area (Å²) in [6, 6.07) is 5.27. The van der Waals surface area contributed by atoms with Crippen LogP contribution in [0.5, 0.6) is 11.5 Å². The molecule has 0 aliphatic carbocycles. The van der Waals surface area contributed by atoms with Crippen LogP contribution in [-0.4, -0.2) is 42.2 Å². The first kappa shape index (κ1) is 17.1. The molecule has 1 aromatic carbocycles. The van der Waals surface area contributed by atoms with E-state index in [1.54, 1.807) is 46.3 Å². The molecule has 2 aromatic rings. The van der Waals surface area contributed by atoms with E-state index in [0.717, 1.165) is 11.8 Å². The first-order valence-electron chi connectivity index (χ1n) is 6.97. The molecule has 0 saturated carbocycles. The van der Waals surface area contributed by atoms with Crippen LogP contribution in [0.25, 0.3) is 11.5 Å². The van der Waals surface area contributed by atoms with Gasteiger partial charge in [0.1, 0.15) is 16.7 Å². The number of benzene rings is 1. The number of aromatic nitrogens is 2. The Hall–Kier alpha value is -2.22. The number of thioether (sulfide) groups is 1. The van der Waals surface area contributed by atoms with Gasteiger partial charge in [0.15, 0.2) is 0 Å². The number of esters is 1. The second kappa shape index (κ2) is 7.87. The van der Waals surface area contributed by atoms with Crippen molar-refractivity contribution in [2.45, 2.75) is 24.3 Å². The maximum Gasteiger partial charge on any atom is 0.319 e. The molecule has 1 heterocycles. The van der Waals surface area contributed by atoms with Crippen LogP contribution in [-0.2, 0) is 9.53 Å². The molecule has 0 N–H and O–H groups in total. The van der Waals surface area contributed by atoms with Gasteiger partial charge in [0, 0.05) is 11.6 Å². The Bertz CT molecular complexity index is 651. The van der Waals surface area contributed by atoms with Crippen LogP contribution in [0, 0.1) is 0 Å². The van der Waals surface area contributed by atoms with E-state index in [1.165, 1.54) is 0 Å². The summed E-state index contributed by atoms with van der Waals surface area (Å²) in [7, 11) is 3.13. The monoisotopic (exact) mass is 338 g/mol. The lowest BCUT2D eigenvalue weighted by Crippen LogP contribution is -2.16. The van der Waals surface area contributed by atoms with Gasteiger partial charge in [-0.1, -0.05) is 11.8 Å². The average molecular weight is 338 g/mol. The Morgan fingerprint density at radius 2 is 1.87 bits per heavy atom. The molecule has 1 aromatic heterocycles. The van der Waals surface area contributed by atoms with E-state index >= 15 is 0 Å². The van der Waals surface area contributed by atoms with Crippen molar-refractivity contribution in [1.82, 2.24) is 10.2 Å². The van der Waals surface area contributed by atoms with Gasteiger partial charge in [-0.25, -0.2) is 0 Å². The van der Waals surface area contributed by atoms with Crippen LogP contribution in [0.4, 0.5) is 0 Å². The minimum atomic E-state index is -0.428. The van der Waals surface area contributed by atoms with Gasteiger partial charge >= 0.3 is 5.97 Å². The van der Waals surface area contributed by atoms with E-state index in [9.17, 15) is 4.79 Å². The molecule has 1 atom stereocenters. The maximum atomic E-state index is 11.6. The molecule has 124 valence electrons. The molecule has 0 fully saturated rings. The molecule has 1 unspecified atom stereocenters. The number of hydrogen-bond acceptors (Lipinski definition) is 8. The molecule has 7 nitrogen and oxygen atoms in total. The third-order valence-corrected chi connectivity index (χ3v) is 3.81. The Morgan fingerprint density at radius 3 is 2.43 bits per heavy atom. The van der Waals surface area contributed by atoms with Crippen LogP contribution < -0.4 is 9.47 Å². The van der Waals surface area contributed by atoms with Gasteiger partial charge in [0.25, 0.3) is 5.22 Å². The Labute approximate surface area is 138 Å². The quantitative estimate of drug-likeness (QED) is 0.563. The summed E-state index contributed by atoms with van der Waals surface area (Å²) >= 11 is 1.15. The fraction of sp³-hybridized carbons (Fsp3) is 0.400. The van der Waals surface area contributed by atoms with E-state index in [2.05, 4.69) is 10.2 Å². The smallest absolute Gasteiger partial charge is 0.319 e. The summed E-state index contributed by atoms with van der Waals surface area (Å²) in [6.45, 7) is 3.82. The van der Waals surface area contributed by atoms with Gasteiger partial charge in [-0.3, -0.25) is 4.79 Å². The summed E-state index contributed by atoms with van der Waals surface area (Å²) in [5, 5.41) is 7.80. The second-order valence-corrected chi connectivity index (χ2v) is 5.78. The third kappa shape index (κ3) is 4.38. The molecule has 0 spiro atoms. The summed E-state index contributed by atoms with van der Waals surface area (Å²) in [5.41, 5.74) is 0.671. The predicted octanol–water partition coefficient (Wildman–Crippen LogP) is 2.80. The van der Waals surface area contributed by atoms with E-state index in [4.69, 9.17) is 18.6 Å². The summed E-state index contributed by atoms with van der Waals surface area (Å²) in [4.78, 5) is 11.6. The SMILES string of the molecule is CCOC(=O)C(C)Sc1nnc(-c2cc(OC)cc(OC)c2)o1. The lowest BCUT2D eigenvalue weighted by molar-refractivity contribution is -0.142. The van der Waals surface area contributed by atoms with Gasteiger partial charge in [0.2, 0.25) is 5.89 Å². The average Bonchev–Trinajstić information content (AvgIpc) is 3.03. The first-order valence-corrected chi connectivity index (χ1v) is 7.85. The van der Waals surface area contributed by atoms with Crippen molar-refractivity contribution in [1.29, 1.82) is 0 Å². The van der Waals surface area contributed by atoms with E-state index < -0.39 is 5.25 Å². The van der Waals surface area contributed by atoms with E-state index in [1.807, 2.05) is 0 Å². The Morgan fingerprint density at radius 1 is 1.22 bits per heavy atom. The number of nitrogens with zero attached hydrogens (tertiary/aromatic N) is 2. The molecule has 8 heteroatoms. The molecular formula is C15H18N2O5S. The predicted molar refractivity (Wildman–Crippen MR) is 84.8 cm³/mol. The van der Waals surface area contributed by atoms with E-state index in [-0.39, 0.29) is 5.97 Å². The lowest BCUT2D eigenvalue weighted by atomic mass is 10.2. The van der Waals surface area contributed by atoms with Gasteiger partial charge < -0.3 is 18.6 Å². The molecule has 0 bridgehead atoms. The largest absolute Gasteiger partial charge is 0.497 e. The zero-order valence-electron chi connectivity index (χ0n) is 13.4. The number of ether oxygens (including phenoxy) is 3. The second-order valence-electron chi connectivity index (χ2n) is 4.49. The number of carbonyl (C=O) groups is 1. The molecule has 2 rings (SSSR count). The van der Waals surface area contributed by atoms with Crippen molar-refractivity contribution >= 4 is 17.7 Å². The number of hydrogen-bond donors (Lipinski definition) is 0. The highest BCUT2D eigenvalue weighted by Crippen LogP contribution is 2.31. The minimum Gasteiger partial charge on any atom is -0.497 e. The first-order chi connectivity index (χ1) is 11.1. The standard InChI is InChI=1S/C15H18N2O5S/c1-5-21-14(18)9(2)23-15-17-16-13(22-15)10-6-11(19-3)8-12(7-10)20-4/h6-9H,5H2,1-4H3. The fourth-order valence-electron chi connectivity index (χ4n) is 1.76. The topological polar surface area (TPSA) is 83.7 Å². The highest BCUT2D eigenvalue weighted by atomic mass is 32.2. The fourth-order valence-corrected chi connectivity index (χ4v) is 2.45. The van der Waals surface area contributed by atoms with Gasteiger partial charge in [-0.15, -0.1) is 10.2 Å². The number of methoxy groups -OCH3 is 2. The third-order valence-electron chi connectivity index (χ3n) is 2.90. The molecular weight excluding hydrogens is 320 g/mol. The van der Waals surface area contributed by atoms with Crippen molar-refractivity contribution in [3.05, 3.63) is 18.2 Å². The zero-order chi connectivity index (χ0) is 16.8. The minimum absolute atomic E-state index is 0.294. The number of rotatable bonds is 7. The summed E-state index contributed by atoms with van der Waals surface area (Å²) < 4.78 is 21.0. The molecule has 0 saturated heterocycles.